The fraction of sp³-hybridized carbons (Fsp3) is 0.364. The Bertz CT molecular complexity index is 349. The lowest BCUT2D eigenvalue weighted by Gasteiger charge is -2.12. The molecular formula is C11H13NO2. The summed E-state index contributed by atoms with van der Waals surface area (Å²) in [6, 6.07) is 7.47. The third-order valence-corrected chi connectivity index (χ3v) is 2.58. The first-order valence-electron chi connectivity index (χ1n) is 4.84. The molecule has 3 heteroatoms. The van der Waals surface area contributed by atoms with Gasteiger partial charge in [-0.25, -0.2) is 4.79 Å². The second-order valence-electron chi connectivity index (χ2n) is 3.58. The Morgan fingerprint density at radius 3 is 3.00 bits per heavy atom. The molecule has 0 bridgehead atoms. The van der Waals surface area contributed by atoms with Crippen LogP contribution >= 0.6 is 0 Å². The number of nitrogens with one attached hydrogen (secondary N) is 1. The van der Waals surface area contributed by atoms with Crippen molar-refractivity contribution >= 4 is 11.7 Å². The summed E-state index contributed by atoms with van der Waals surface area (Å²) in [5, 5.41) is 12.0. The van der Waals surface area contributed by atoms with E-state index in [2.05, 4.69) is 5.32 Å². The number of carboxylic acids is 1. The molecule has 1 aromatic carbocycles. The first kappa shape index (κ1) is 9.06. The van der Waals surface area contributed by atoms with Gasteiger partial charge in [0.2, 0.25) is 0 Å². The van der Waals surface area contributed by atoms with Crippen molar-refractivity contribution in [3.63, 3.8) is 0 Å². The Hall–Kier alpha value is -1.51. The van der Waals surface area contributed by atoms with Gasteiger partial charge < -0.3 is 10.4 Å². The van der Waals surface area contributed by atoms with E-state index in [0.29, 0.717) is 6.42 Å². The van der Waals surface area contributed by atoms with E-state index in [0.717, 1.165) is 18.5 Å². The van der Waals surface area contributed by atoms with Crippen LogP contribution in [0.1, 0.15) is 18.4 Å². The molecule has 0 radical (unpaired) electrons. The topological polar surface area (TPSA) is 49.3 Å². The number of carboxylic acid groups (broad SMARTS) is 1. The number of aliphatic carboxylic acids is 1. The molecule has 0 fully saturated rings. The molecule has 14 heavy (non-hydrogen) atoms. The molecule has 0 saturated carbocycles. The SMILES string of the molecule is O=C(O)C1CCCc2ccccc2N1. The average Bonchev–Trinajstić information content (AvgIpc) is 2.39. The number of benzene rings is 1. The lowest BCUT2D eigenvalue weighted by Crippen LogP contribution is -2.28. The molecule has 0 aliphatic carbocycles. The van der Waals surface area contributed by atoms with Gasteiger partial charge in [-0.1, -0.05) is 18.2 Å². The van der Waals surface area contributed by atoms with Gasteiger partial charge in [0, 0.05) is 5.69 Å². The minimum atomic E-state index is -0.762. The maximum Gasteiger partial charge on any atom is 0.326 e. The van der Waals surface area contributed by atoms with E-state index in [-0.39, 0.29) is 0 Å². The maximum absolute atomic E-state index is 10.9. The highest BCUT2D eigenvalue weighted by molar-refractivity contribution is 5.78. The zero-order valence-corrected chi connectivity index (χ0v) is 7.86. The Morgan fingerprint density at radius 2 is 2.21 bits per heavy atom. The van der Waals surface area contributed by atoms with Crippen molar-refractivity contribution in [3.05, 3.63) is 29.8 Å². The number of hydrogen-bond acceptors (Lipinski definition) is 2. The van der Waals surface area contributed by atoms with Crippen molar-refractivity contribution in [3.8, 4) is 0 Å². The second kappa shape index (κ2) is 3.70. The Balaban J connectivity index is 2.26. The zero-order chi connectivity index (χ0) is 9.97. The smallest absolute Gasteiger partial charge is 0.326 e. The molecule has 1 atom stereocenters. The minimum absolute atomic E-state index is 0.432. The Kier molecular flexibility index (Phi) is 2.39. The molecule has 1 aliphatic rings. The van der Waals surface area contributed by atoms with Gasteiger partial charge in [-0.15, -0.1) is 0 Å². The molecule has 0 saturated heterocycles. The molecular weight excluding hydrogens is 178 g/mol. The summed E-state index contributed by atoms with van der Waals surface area (Å²) in [5.41, 5.74) is 2.19. The molecule has 1 aliphatic heterocycles. The quantitative estimate of drug-likeness (QED) is 0.712. The Labute approximate surface area is 82.8 Å². The van der Waals surface area contributed by atoms with Gasteiger partial charge in [-0.2, -0.15) is 0 Å². The van der Waals surface area contributed by atoms with Crippen LogP contribution in [0.15, 0.2) is 24.3 Å². The standard InChI is InChI=1S/C11H13NO2/c13-11(14)10-7-3-5-8-4-1-2-6-9(8)12-10/h1-2,4,6,10,12H,3,5,7H2,(H,13,14). The van der Waals surface area contributed by atoms with Gasteiger partial charge in [-0.3, -0.25) is 0 Å². The summed E-state index contributed by atoms with van der Waals surface area (Å²) >= 11 is 0. The van der Waals surface area contributed by atoms with Crippen LogP contribution in [0.4, 0.5) is 5.69 Å². The second-order valence-corrected chi connectivity index (χ2v) is 3.58. The summed E-state index contributed by atoms with van der Waals surface area (Å²) in [6.07, 6.45) is 2.60. The highest BCUT2D eigenvalue weighted by Crippen LogP contribution is 2.23. The van der Waals surface area contributed by atoms with Gasteiger partial charge in [0.15, 0.2) is 0 Å². The van der Waals surface area contributed by atoms with E-state index in [1.807, 2.05) is 24.3 Å². The average molecular weight is 191 g/mol. The molecule has 1 heterocycles. The monoisotopic (exact) mass is 191 g/mol. The van der Waals surface area contributed by atoms with E-state index in [4.69, 9.17) is 5.11 Å². The van der Waals surface area contributed by atoms with Crippen LogP contribution in [0.3, 0.4) is 0 Å². The van der Waals surface area contributed by atoms with E-state index in [1.165, 1.54) is 5.56 Å². The van der Waals surface area contributed by atoms with Crippen LogP contribution in [0.2, 0.25) is 0 Å². The number of carbonyl (C=O) groups is 1. The lowest BCUT2D eigenvalue weighted by atomic mass is 10.1. The molecule has 1 aromatic rings. The summed E-state index contributed by atoms with van der Waals surface area (Å²) in [7, 11) is 0. The van der Waals surface area contributed by atoms with Crippen LogP contribution in [-0.4, -0.2) is 17.1 Å². The number of rotatable bonds is 1. The van der Waals surface area contributed by atoms with E-state index >= 15 is 0 Å². The first-order valence-corrected chi connectivity index (χ1v) is 4.84. The third-order valence-electron chi connectivity index (χ3n) is 2.58. The molecule has 0 amide bonds. The Morgan fingerprint density at radius 1 is 1.43 bits per heavy atom. The van der Waals surface area contributed by atoms with E-state index < -0.39 is 12.0 Å². The zero-order valence-electron chi connectivity index (χ0n) is 7.86. The van der Waals surface area contributed by atoms with Gasteiger partial charge in [0.25, 0.3) is 0 Å². The normalized spacial score (nSPS) is 20.4. The summed E-state index contributed by atoms with van der Waals surface area (Å²) in [4.78, 5) is 10.9. The fourth-order valence-corrected chi connectivity index (χ4v) is 1.82. The van der Waals surface area contributed by atoms with Crippen molar-refractivity contribution in [1.82, 2.24) is 0 Å². The van der Waals surface area contributed by atoms with Gasteiger partial charge >= 0.3 is 5.97 Å². The van der Waals surface area contributed by atoms with Gasteiger partial charge in [0.1, 0.15) is 6.04 Å². The van der Waals surface area contributed by atoms with Crippen LogP contribution in [0, 0.1) is 0 Å². The molecule has 2 N–H and O–H groups in total. The first-order chi connectivity index (χ1) is 6.77. The van der Waals surface area contributed by atoms with Gasteiger partial charge in [-0.05, 0) is 30.9 Å². The molecule has 3 nitrogen and oxygen atoms in total. The summed E-state index contributed by atoms with van der Waals surface area (Å²) in [5.74, 6) is -0.762. The van der Waals surface area contributed by atoms with Crippen molar-refractivity contribution in [2.24, 2.45) is 0 Å². The third kappa shape index (κ3) is 1.71. The van der Waals surface area contributed by atoms with E-state index in [9.17, 15) is 4.79 Å². The minimum Gasteiger partial charge on any atom is -0.480 e. The predicted molar refractivity (Wildman–Crippen MR) is 54.4 cm³/mol. The number of aryl methyl sites for hydroxylation is 1. The van der Waals surface area contributed by atoms with Gasteiger partial charge in [0.05, 0.1) is 0 Å². The molecule has 74 valence electrons. The van der Waals surface area contributed by atoms with E-state index in [1.54, 1.807) is 0 Å². The fourth-order valence-electron chi connectivity index (χ4n) is 1.82. The van der Waals surface area contributed by atoms with Crippen LogP contribution in [0.25, 0.3) is 0 Å². The van der Waals surface area contributed by atoms with Crippen molar-refractivity contribution in [2.45, 2.75) is 25.3 Å². The molecule has 0 aromatic heterocycles. The van der Waals surface area contributed by atoms with Crippen molar-refractivity contribution in [2.75, 3.05) is 5.32 Å². The molecule has 0 spiro atoms. The summed E-state index contributed by atoms with van der Waals surface area (Å²) < 4.78 is 0. The highest BCUT2D eigenvalue weighted by atomic mass is 16.4. The number of hydrogen-bond donors (Lipinski definition) is 2. The van der Waals surface area contributed by atoms with Crippen LogP contribution in [0.5, 0.6) is 0 Å². The van der Waals surface area contributed by atoms with Crippen LogP contribution < -0.4 is 5.32 Å². The molecule has 1 unspecified atom stereocenters. The predicted octanol–water partition coefficient (Wildman–Crippen LogP) is 1.89. The van der Waals surface area contributed by atoms with Crippen molar-refractivity contribution in [1.29, 1.82) is 0 Å². The number of para-hydroxylation sites is 1. The lowest BCUT2D eigenvalue weighted by molar-refractivity contribution is -0.138. The summed E-state index contributed by atoms with van der Waals surface area (Å²) in [6.45, 7) is 0. The highest BCUT2D eigenvalue weighted by Gasteiger charge is 2.20. The largest absolute Gasteiger partial charge is 0.480 e. The van der Waals surface area contributed by atoms with Crippen molar-refractivity contribution < 1.29 is 9.90 Å². The maximum atomic E-state index is 10.9. The number of fused-ring (bicyclic) bond motifs is 1. The number of anilines is 1. The van der Waals surface area contributed by atoms with Crippen LogP contribution in [-0.2, 0) is 11.2 Å². The molecule has 2 rings (SSSR count).